The van der Waals surface area contributed by atoms with Crippen LogP contribution in [-0.2, 0) is 10.2 Å². The monoisotopic (exact) mass is 405 g/mol. The first-order valence-electron chi connectivity index (χ1n) is 10.3. The quantitative estimate of drug-likeness (QED) is 0.585. The SMILES string of the molecule is Cc1cc(-c2c(C(C)C)c(C34CC(C(=O)O)(C3)C4)nc3cc(O)ccc23)ccc1F. The van der Waals surface area contributed by atoms with E-state index < -0.39 is 11.4 Å². The maximum absolute atomic E-state index is 14.0. The van der Waals surface area contributed by atoms with Gasteiger partial charge in [-0.1, -0.05) is 19.9 Å². The van der Waals surface area contributed by atoms with Crippen molar-refractivity contribution in [3.05, 3.63) is 59.0 Å². The second-order valence-electron chi connectivity index (χ2n) is 9.47. The smallest absolute Gasteiger partial charge is 0.309 e. The van der Waals surface area contributed by atoms with Crippen molar-refractivity contribution >= 4 is 16.9 Å². The number of fused-ring (bicyclic) bond motifs is 1. The van der Waals surface area contributed by atoms with Crippen molar-refractivity contribution in [3.63, 3.8) is 0 Å². The normalized spacial score (nSPS) is 24.6. The lowest BCUT2D eigenvalue weighted by Gasteiger charge is -2.68. The molecule has 4 nitrogen and oxygen atoms in total. The number of hydrogen-bond donors (Lipinski definition) is 2. The predicted molar refractivity (Wildman–Crippen MR) is 113 cm³/mol. The highest BCUT2D eigenvalue weighted by molar-refractivity contribution is 5.98. The molecule has 154 valence electrons. The Morgan fingerprint density at radius 2 is 1.83 bits per heavy atom. The average Bonchev–Trinajstić information content (AvgIpc) is 2.60. The third-order valence-electron chi connectivity index (χ3n) is 7.02. The Morgan fingerprint density at radius 1 is 1.13 bits per heavy atom. The maximum Gasteiger partial charge on any atom is 0.309 e. The minimum Gasteiger partial charge on any atom is -0.508 e. The number of phenols is 1. The topological polar surface area (TPSA) is 70.4 Å². The molecule has 2 N–H and O–H groups in total. The molecule has 3 aliphatic carbocycles. The van der Waals surface area contributed by atoms with E-state index in [-0.39, 0.29) is 22.9 Å². The Labute approximate surface area is 174 Å². The highest BCUT2D eigenvalue weighted by Gasteiger charge is 2.73. The minimum absolute atomic E-state index is 0.138. The van der Waals surface area contributed by atoms with Gasteiger partial charge in [0.2, 0.25) is 0 Å². The summed E-state index contributed by atoms with van der Waals surface area (Å²) in [5.74, 6) is -0.674. The summed E-state index contributed by atoms with van der Waals surface area (Å²) in [4.78, 5) is 16.6. The van der Waals surface area contributed by atoms with E-state index in [1.807, 2.05) is 12.1 Å². The molecule has 1 aromatic heterocycles. The van der Waals surface area contributed by atoms with E-state index in [0.717, 1.165) is 27.8 Å². The first kappa shape index (κ1) is 19.0. The number of carboxylic acid groups (broad SMARTS) is 1. The van der Waals surface area contributed by atoms with Gasteiger partial charge in [-0.2, -0.15) is 0 Å². The van der Waals surface area contributed by atoms with Crippen LogP contribution in [0.5, 0.6) is 5.75 Å². The minimum atomic E-state index is -0.719. The predicted octanol–water partition coefficient (Wildman–Crippen LogP) is 5.68. The van der Waals surface area contributed by atoms with Gasteiger partial charge < -0.3 is 10.2 Å². The summed E-state index contributed by atoms with van der Waals surface area (Å²) < 4.78 is 14.0. The Hall–Kier alpha value is -2.95. The number of nitrogens with zero attached hydrogens (tertiary/aromatic N) is 1. The van der Waals surface area contributed by atoms with Crippen molar-refractivity contribution in [2.24, 2.45) is 5.41 Å². The van der Waals surface area contributed by atoms with Gasteiger partial charge in [0.05, 0.1) is 16.6 Å². The zero-order valence-electron chi connectivity index (χ0n) is 17.3. The number of phenolic OH excluding ortho intramolecular Hbond substituents is 1. The fraction of sp³-hybridized carbons (Fsp3) is 0.360. The fourth-order valence-corrected chi connectivity index (χ4v) is 5.61. The van der Waals surface area contributed by atoms with Crippen LogP contribution in [0, 0.1) is 18.2 Å². The molecule has 5 heteroatoms. The zero-order valence-corrected chi connectivity index (χ0v) is 17.3. The summed E-state index contributed by atoms with van der Waals surface area (Å²) in [6.45, 7) is 5.98. The van der Waals surface area contributed by atoms with E-state index in [1.165, 1.54) is 6.07 Å². The average molecular weight is 405 g/mol. The van der Waals surface area contributed by atoms with Crippen LogP contribution in [0.2, 0.25) is 0 Å². The molecule has 6 rings (SSSR count). The third-order valence-corrected chi connectivity index (χ3v) is 7.02. The van der Waals surface area contributed by atoms with Crippen LogP contribution >= 0.6 is 0 Å². The van der Waals surface area contributed by atoms with Crippen molar-refractivity contribution in [1.29, 1.82) is 0 Å². The standard InChI is InChI=1S/C25H24FNO3/c1-13(2)20-21(15-4-7-18(26)14(3)8-15)17-6-5-16(28)9-19(17)27-22(20)24-10-25(11-24,12-24)23(29)30/h4-9,13,28H,10-12H2,1-3H3,(H,29,30). The Balaban J connectivity index is 1.80. The van der Waals surface area contributed by atoms with E-state index in [9.17, 15) is 19.4 Å². The lowest BCUT2D eigenvalue weighted by atomic mass is 9.34. The Morgan fingerprint density at radius 3 is 2.43 bits per heavy atom. The molecule has 0 radical (unpaired) electrons. The third kappa shape index (κ3) is 2.44. The summed E-state index contributed by atoms with van der Waals surface area (Å²) in [6.07, 6.45) is 1.82. The van der Waals surface area contributed by atoms with Crippen LogP contribution in [0.15, 0.2) is 36.4 Å². The van der Waals surface area contributed by atoms with Gasteiger partial charge in [-0.3, -0.25) is 9.78 Å². The molecule has 2 bridgehead atoms. The molecule has 3 aromatic rings. The molecule has 3 saturated carbocycles. The lowest BCUT2D eigenvalue weighted by Crippen LogP contribution is -2.68. The molecule has 3 fully saturated rings. The molecule has 3 aliphatic rings. The molecule has 0 amide bonds. The second kappa shape index (κ2) is 6.03. The van der Waals surface area contributed by atoms with Crippen LogP contribution in [0.3, 0.4) is 0 Å². The number of carbonyl (C=O) groups is 1. The number of aromatic hydroxyl groups is 1. The number of aryl methyl sites for hydroxylation is 1. The van der Waals surface area contributed by atoms with Gasteiger partial charge in [0.1, 0.15) is 11.6 Å². The fourth-order valence-electron chi connectivity index (χ4n) is 5.61. The Kier molecular flexibility index (Phi) is 3.83. The summed E-state index contributed by atoms with van der Waals surface area (Å²) in [5.41, 5.74) is 4.38. The van der Waals surface area contributed by atoms with E-state index in [1.54, 1.807) is 25.1 Å². The van der Waals surface area contributed by atoms with Gasteiger partial charge in [-0.25, -0.2) is 4.39 Å². The molecule has 0 atom stereocenters. The van der Waals surface area contributed by atoms with Crippen molar-refractivity contribution in [2.75, 3.05) is 0 Å². The van der Waals surface area contributed by atoms with Gasteiger partial charge in [0.15, 0.2) is 0 Å². The molecule has 2 aromatic carbocycles. The van der Waals surface area contributed by atoms with Crippen LogP contribution in [0.4, 0.5) is 4.39 Å². The summed E-state index contributed by atoms with van der Waals surface area (Å²) >= 11 is 0. The largest absolute Gasteiger partial charge is 0.508 e. The molecule has 0 unspecified atom stereocenters. The maximum atomic E-state index is 14.0. The van der Waals surface area contributed by atoms with Crippen molar-refractivity contribution in [3.8, 4) is 16.9 Å². The van der Waals surface area contributed by atoms with Crippen LogP contribution < -0.4 is 0 Å². The highest BCUT2D eigenvalue weighted by Crippen LogP contribution is 2.74. The van der Waals surface area contributed by atoms with E-state index in [0.29, 0.717) is 30.3 Å². The number of aliphatic carboxylic acids is 1. The van der Waals surface area contributed by atoms with Gasteiger partial charge in [0, 0.05) is 16.9 Å². The Bertz CT molecular complexity index is 1210. The number of carboxylic acids is 1. The zero-order chi connectivity index (χ0) is 21.4. The number of hydrogen-bond acceptors (Lipinski definition) is 3. The molecular formula is C25H24FNO3. The van der Waals surface area contributed by atoms with Crippen LogP contribution in [-0.4, -0.2) is 21.2 Å². The number of pyridine rings is 1. The van der Waals surface area contributed by atoms with Crippen molar-refractivity contribution in [2.45, 2.75) is 51.4 Å². The van der Waals surface area contributed by atoms with Crippen LogP contribution in [0.25, 0.3) is 22.0 Å². The van der Waals surface area contributed by atoms with Gasteiger partial charge in [-0.15, -0.1) is 0 Å². The van der Waals surface area contributed by atoms with Crippen molar-refractivity contribution in [1.82, 2.24) is 4.98 Å². The van der Waals surface area contributed by atoms with Crippen LogP contribution in [0.1, 0.15) is 55.8 Å². The molecular weight excluding hydrogens is 381 g/mol. The van der Waals surface area contributed by atoms with Gasteiger partial charge in [0.25, 0.3) is 0 Å². The molecule has 0 aliphatic heterocycles. The van der Waals surface area contributed by atoms with Gasteiger partial charge in [-0.05, 0) is 78.6 Å². The second-order valence-corrected chi connectivity index (χ2v) is 9.47. The summed E-state index contributed by atoms with van der Waals surface area (Å²) in [7, 11) is 0. The van der Waals surface area contributed by atoms with E-state index in [4.69, 9.17) is 4.98 Å². The molecule has 0 spiro atoms. The molecule has 30 heavy (non-hydrogen) atoms. The number of aromatic nitrogens is 1. The van der Waals surface area contributed by atoms with Crippen molar-refractivity contribution < 1.29 is 19.4 Å². The number of benzene rings is 2. The molecule has 1 heterocycles. The van der Waals surface area contributed by atoms with Gasteiger partial charge >= 0.3 is 5.97 Å². The first-order chi connectivity index (χ1) is 14.2. The number of rotatable bonds is 4. The van der Waals surface area contributed by atoms with E-state index >= 15 is 0 Å². The summed E-state index contributed by atoms with van der Waals surface area (Å²) in [5, 5.41) is 20.6. The first-order valence-corrected chi connectivity index (χ1v) is 10.3. The lowest BCUT2D eigenvalue weighted by molar-refractivity contribution is -0.195. The van der Waals surface area contributed by atoms with E-state index in [2.05, 4.69) is 13.8 Å². The highest BCUT2D eigenvalue weighted by atomic mass is 19.1. The summed E-state index contributed by atoms with van der Waals surface area (Å²) in [6, 6.07) is 10.3. The molecule has 0 saturated heterocycles. The number of halogens is 1.